The first kappa shape index (κ1) is 16.4. The monoisotopic (exact) mass is 321 g/mol. The van der Waals surface area contributed by atoms with Crippen molar-refractivity contribution >= 4 is 5.91 Å². The van der Waals surface area contributed by atoms with E-state index in [9.17, 15) is 4.79 Å². The summed E-state index contributed by atoms with van der Waals surface area (Å²) in [6.45, 7) is 6.09. The van der Waals surface area contributed by atoms with Crippen LogP contribution in [0.15, 0.2) is 12.7 Å². The van der Waals surface area contributed by atoms with E-state index in [-0.39, 0.29) is 17.5 Å². The van der Waals surface area contributed by atoms with Crippen LogP contribution in [0.4, 0.5) is 0 Å². The van der Waals surface area contributed by atoms with Crippen LogP contribution < -0.4 is 5.32 Å². The summed E-state index contributed by atoms with van der Waals surface area (Å²) in [5.74, 6) is 0.00806. The third-order valence-electron chi connectivity index (χ3n) is 5.27. The molecular formula is C16H27N5O2. The third-order valence-corrected chi connectivity index (χ3v) is 5.27. The van der Waals surface area contributed by atoms with Crippen molar-refractivity contribution in [2.24, 2.45) is 0 Å². The molecule has 3 rings (SSSR count). The lowest BCUT2D eigenvalue weighted by Crippen LogP contribution is -2.60. The highest BCUT2D eigenvalue weighted by atomic mass is 16.5. The van der Waals surface area contributed by atoms with E-state index in [4.69, 9.17) is 4.74 Å². The van der Waals surface area contributed by atoms with E-state index >= 15 is 0 Å². The third kappa shape index (κ3) is 3.72. The van der Waals surface area contributed by atoms with Crippen molar-refractivity contribution in [3.05, 3.63) is 12.7 Å². The van der Waals surface area contributed by atoms with Gasteiger partial charge in [0.1, 0.15) is 18.7 Å². The Kier molecular flexibility index (Phi) is 5.27. The number of rotatable bonds is 5. The van der Waals surface area contributed by atoms with E-state index in [1.807, 2.05) is 6.92 Å². The van der Waals surface area contributed by atoms with Gasteiger partial charge in [-0.15, -0.1) is 0 Å². The van der Waals surface area contributed by atoms with Crippen molar-refractivity contribution in [2.75, 3.05) is 32.8 Å². The summed E-state index contributed by atoms with van der Waals surface area (Å²) < 4.78 is 7.10. The summed E-state index contributed by atoms with van der Waals surface area (Å²) in [6.07, 6.45) is 9.14. The topological polar surface area (TPSA) is 72.3 Å². The van der Waals surface area contributed by atoms with Crippen molar-refractivity contribution < 1.29 is 9.53 Å². The highest BCUT2D eigenvalue weighted by Crippen LogP contribution is 2.34. The first-order valence-electron chi connectivity index (χ1n) is 8.66. The van der Waals surface area contributed by atoms with E-state index < -0.39 is 0 Å². The van der Waals surface area contributed by atoms with Gasteiger partial charge in [0.2, 0.25) is 5.91 Å². The van der Waals surface area contributed by atoms with Crippen LogP contribution in [0.25, 0.3) is 0 Å². The molecule has 2 aliphatic rings. The van der Waals surface area contributed by atoms with E-state index in [0.717, 1.165) is 39.1 Å². The molecule has 1 amide bonds. The number of nitrogens with zero attached hydrogens (tertiary/aromatic N) is 4. The van der Waals surface area contributed by atoms with Crippen LogP contribution in [0.2, 0.25) is 0 Å². The Labute approximate surface area is 137 Å². The fourth-order valence-corrected chi connectivity index (χ4v) is 3.79. The molecule has 1 aromatic rings. The zero-order valence-corrected chi connectivity index (χ0v) is 13.9. The number of carbonyl (C=O) groups is 1. The molecule has 128 valence electrons. The average Bonchev–Trinajstić information content (AvgIpc) is 3.15. The molecule has 7 heteroatoms. The minimum Gasteiger partial charge on any atom is -0.379 e. The summed E-state index contributed by atoms with van der Waals surface area (Å²) in [6, 6.07) is -0.331. The molecule has 1 aliphatic heterocycles. The number of amides is 1. The van der Waals surface area contributed by atoms with Gasteiger partial charge in [-0.25, -0.2) is 9.67 Å². The molecule has 1 saturated heterocycles. The second kappa shape index (κ2) is 7.40. The Balaban J connectivity index is 1.63. The first-order valence-corrected chi connectivity index (χ1v) is 8.66. The van der Waals surface area contributed by atoms with E-state index in [1.54, 1.807) is 11.0 Å². The minimum absolute atomic E-state index is 0.00806. The number of hydrogen-bond acceptors (Lipinski definition) is 5. The van der Waals surface area contributed by atoms with Crippen LogP contribution >= 0.6 is 0 Å². The van der Waals surface area contributed by atoms with Gasteiger partial charge in [-0.3, -0.25) is 9.69 Å². The molecule has 0 unspecified atom stereocenters. The number of aromatic nitrogens is 3. The van der Waals surface area contributed by atoms with Gasteiger partial charge in [0.05, 0.1) is 13.2 Å². The van der Waals surface area contributed by atoms with Crippen molar-refractivity contribution in [3.8, 4) is 0 Å². The number of nitrogens with one attached hydrogen (secondary N) is 1. The van der Waals surface area contributed by atoms with E-state index in [1.165, 1.54) is 25.6 Å². The summed E-state index contributed by atoms with van der Waals surface area (Å²) >= 11 is 0. The average molecular weight is 321 g/mol. The SMILES string of the molecule is C[C@H](C(=O)NCC1(N2CCOCC2)CCCCC1)n1cncn1. The van der Waals surface area contributed by atoms with Crippen LogP contribution in [0.5, 0.6) is 0 Å². The highest BCUT2D eigenvalue weighted by Gasteiger charge is 2.39. The van der Waals surface area contributed by atoms with Crippen LogP contribution in [0.1, 0.15) is 45.1 Å². The molecule has 0 spiro atoms. The first-order chi connectivity index (χ1) is 11.2. The van der Waals surface area contributed by atoms with Crippen molar-refractivity contribution in [2.45, 2.75) is 50.6 Å². The highest BCUT2D eigenvalue weighted by molar-refractivity contribution is 5.79. The predicted octanol–water partition coefficient (Wildman–Crippen LogP) is 0.990. The Morgan fingerprint density at radius 2 is 2.04 bits per heavy atom. The quantitative estimate of drug-likeness (QED) is 0.875. The molecule has 0 radical (unpaired) electrons. The van der Waals surface area contributed by atoms with Gasteiger partial charge in [0.25, 0.3) is 0 Å². The molecule has 0 bridgehead atoms. The summed E-state index contributed by atoms with van der Waals surface area (Å²) in [5.41, 5.74) is 0.0970. The normalized spacial score (nSPS) is 23.3. The minimum atomic E-state index is -0.331. The predicted molar refractivity (Wildman–Crippen MR) is 86.0 cm³/mol. The van der Waals surface area contributed by atoms with Crippen molar-refractivity contribution in [1.82, 2.24) is 25.0 Å². The summed E-state index contributed by atoms with van der Waals surface area (Å²) in [5, 5.41) is 7.23. The van der Waals surface area contributed by atoms with Gasteiger partial charge in [0.15, 0.2) is 0 Å². The lowest BCUT2D eigenvalue weighted by molar-refractivity contribution is -0.125. The molecule has 23 heavy (non-hydrogen) atoms. The van der Waals surface area contributed by atoms with Gasteiger partial charge < -0.3 is 10.1 Å². The van der Waals surface area contributed by atoms with Gasteiger partial charge in [-0.05, 0) is 19.8 Å². The summed E-state index contributed by atoms with van der Waals surface area (Å²) in [4.78, 5) is 18.9. The standard InChI is InChI=1S/C16H27N5O2/c1-14(21-13-17-12-19-21)15(22)18-11-16(5-3-2-4-6-16)20-7-9-23-10-8-20/h12-14H,2-11H2,1H3,(H,18,22)/t14-/m1/s1. The molecule has 7 nitrogen and oxygen atoms in total. The Bertz CT molecular complexity index is 493. The molecule has 0 aromatic carbocycles. The molecule has 1 aliphatic carbocycles. The van der Waals surface area contributed by atoms with Gasteiger partial charge in [-0.1, -0.05) is 19.3 Å². The maximum Gasteiger partial charge on any atom is 0.244 e. The Hall–Kier alpha value is -1.47. The Morgan fingerprint density at radius 3 is 2.70 bits per heavy atom. The Morgan fingerprint density at radius 1 is 1.30 bits per heavy atom. The molecule has 1 saturated carbocycles. The number of hydrogen-bond donors (Lipinski definition) is 1. The lowest BCUT2D eigenvalue weighted by Gasteiger charge is -2.48. The van der Waals surface area contributed by atoms with Crippen LogP contribution in [-0.2, 0) is 9.53 Å². The largest absolute Gasteiger partial charge is 0.379 e. The summed E-state index contributed by atoms with van der Waals surface area (Å²) in [7, 11) is 0. The molecule has 1 N–H and O–H groups in total. The smallest absolute Gasteiger partial charge is 0.244 e. The van der Waals surface area contributed by atoms with Crippen molar-refractivity contribution in [1.29, 1.82) is 0 Å². The second-order valence-electron chi connectivity index (χ2n) is 6.65. The maximum atomic E-state index is 12.5. The molecule has 2 fully saturated rings. The zero-order valence-electron chi connectivity index (χ0n) is 13.9. The van der Waals surface area contributed by atoms with Crippen molar-refractivity contribution in [3.63, 3.8) is 0 Å². The van der Waals surface area contributed by atoms with Crippen LogP contribution in [-0.4, -0.2) is 64.0 Å². The van der Waals surface area contributed by atoms with Crippen LogP contribution in [0, 0.1) is 0 Å². The maximum absolute atomic E-state index is 12.5. The van der Waals surface area contributed by atoms with Gasteiger partial charge in [-0.2, -0.15) is 5.10 Å². The molecule has 1 aromatic heterocycles. The van der Waals surface area contributed by atoms with Gasteiger partial charge in [0, 0.05) is 25.2 Å². The van der Waals surface area contributed by atoms with Gasteiger partial charge >= 0.3 is 0 Å². The number of carbonyl (C=O) groups excluding carboxylic acids is 1. The fourth-order valence-electron chi connectivity index (χ4n) is 3.79. The molecule has 2 heterocycles. The second-order valence-corrected chi connectivity index (χ2v) is 6.65. The lowest BCUT2D eigenvalue weighted by atomic mass is 9.79. The van der Waals surface area contributed by atoms with Crippen LogP contribution in [0.3, 0.4) is 0 Å². The van der Waals surface area contributed by atoms with E-state index in [0.29, 0.717) is 6.54 Å². The number of ether oxygens (including phenoxy) is 1. The molecular weight excluding hydrogens is 294 g/mol. The fraction of sp³-hybridized carbons (Fsp3) is 0.812. The molecule has 1 atom stereocenters. The van der Waals surface area contributed by atoms with E-state index in [2.05, 4.69) is 20.3 Å². The number of morpholine rings is 1. The zero-order chi connectivity index (χ0) is 16.1.